The number of fused-ring (bicyclic) bond motifs is 1. The number of terminal acetylenes is 1. The predicted molar refractivity (Wildman–Crippen MR) is 120 cm³/mol. The van der Waals surface area contributed by atoms with Crippen LogP contribution in [-0.4, -0.2) is 27.2 Å². The third-order valence-electron chi connectivity index (χ3n) is 4.47. The minimum absolute atomic E-state index is 0.181. The maximum absolute atomic E-state index is 12.4. The van der Waals surface area contributed by atoms with Crippen molar-refractivity contribution >= 4 is 40.5 Å². The first-order valence-electron chi connectivity index (χ1n) is 9.39. The number of aromatic nitrogens is 3. The van der Waals surface area contributed by atoms with Gasteiger partial charge < -0.3 is 10.6 Å². The lowest BCUT2D eigenvalue weighted by Crippen LogP contribution is -2.24. The Morgan fingerprint density at radius 1 is 1.13 bits per heavy atom. The maximum Gasteiger partial charge on any atom is 0.254 e. The molecular formula is C24H19N5O. The van der Waals surface area contributed by atoms with Gasteiger partial charge in [-0.15, -0.1) is 6.42 Å². The molecule has 0 aliphatic carbocycles. The standard InChI is InChI=1S/C24H19N5O/c1-2-13-26-24(30)21-8-3-4-9-22(21)28-20-11-10-18-17-27-29(23(18)16-20)15-12-19-7-5-6-14-25-19/h1,3-12,14-17,28H,13H2,(H,26,30). The SMILES string of the molecule is C#CCNC(=O)c1ccccc1Nc1ccc2cnn(C=Cc3ccccn3)c2c1. The number of anilines is 2. The van der Waals surface area contributed by atoms with Gasteiger partial charge in [0.05, 0.1) is 35.2 Å². The second-order valence-electron chi connectivity index (χ2n) is 6.49. The summed E-state index contributed by atoms with van der Waals surface area (Å²) in [6.45, 7) is 0.181. The highest BCUT2D eigenvalue weighted by molar-refractivity contribution is 6.00. The number of hydrogen-bond donors (Lipinski definition) is 2. The van der Waals surface area contributed by atoms with E-state index in [2.05, 4.69) is 26.6 Å². The van der Waals surface area contributed by atoms with Crippen molar-refractivity contribution in [2.45, 2.75) is 0 Å². The molecule has 146 valence electrons. The van der Waals surface area contributed by atoms with Crippen LogP contribution in [0.3, 0.4) is 0 Å². The Kier molecular flexibility index (Phi) is 5.54. The molecule has 6 heteroatoms. The molecule has 0 unspecified atom stereocenters. The van der Waals surface area contributed by atoms with E-state index >= 15 is 0 Å². The number of nitrogens with one attached hydrogen (secondary N) is 2. The van der Waals surface area contributed by atoms with E-state index in [0.717, 1.165) is 22.3 Å². The van der Waals surface area contributed by atoms with Gasteiger partial charge in [0.25, 0.3) is 5.91 Å². The Morgan fingerprint density at radius 3 is 2.83 bits per heavy atom. The molecule has 0 saturated carbocycles. The van der Waals surface area contributed by atoms with Gasteiger partial charge in [-0.1, -0.05) is 24.1 Å². The monoisotopic (exact) mass is 393 g/mol. The molecule has 0 aliphatic rings. The summed E-state index contributed by atoms with van der Waals surface area (Å²) in [6, 6.07) is 19.0. The van der Waals surface area contributed by atoms with Crippen LogP contribution < -0.4 is 10.6 Å². The average molecular weight is 393 g/mol. The lowest BCUT2D eigenvalue weighted by molar-refractivity contribution is 0.0959. The number of nitrogens with zero attached hydrogens (tertiary/aromatic N) is 3. The second-order valence-corrected chi connectivity index (χ2v) is 6.49. The van der Waals surface area contributed by atoms with Crippen molar-refractivity contribution in [2.75, 3.05) is 11.9 Å². The molecule has 0 aliphatic heterocycles. The highest BCUT2D eigenvalue weighted by Crippen LogP contribution is 2.25. The van der Waals surface area contributed by atoms with E-state index in [4.69, 9.17) is 6.42 Å². The Morgan fingerprint density at radius 2 is 2.00 bits per heavy atom. The lowest BCUT2D eigenvalue weighted by Gasteiger charge is -2.12. The summed E-state index contributed by atoms with van der Waals surface area (Å²) in [5.74, 6) is 2.19. The fourth-order valence-electron chi connectivity index (χ4n) is 3.03. The highest BCUT2D eigenvalue weighted by Gasteiger charge is 2.11. The average Bonchev–Trinajstić information content (AvgIpc) is 3.19. The zero-order valence-corrected chi connectivity index (χ0v) is 16.1. The molecule has 6 nitrogen and oxygen atoms in total. The summed E-state index contributed by atoms with van der Waals surface area (Å²) in [5, 5.41) is 11.5. The lowest BCUT2D eigenvalue weighted by atomic mass is 10.1. The third kappa shape index (κ3) is 4.21. The Hall–Kier alpha value is -4.37. The molecule has 2 heterocycles. The summed E-state index contributed by atoms with van der Waals surface area (Å²) in [7, 11) is 0. The van der Waals surface area contributed by atoms with Crippen LogP contribution in [0.25, 0.3) is 23.2 Å². The molecule has 1 amide bonds. The molecule has 0 saturated heterocycles. The molecule has 2 aromatic heterocycles. The molecule has 2 N–H and O–H groups in total. The summed E-state index contributed by atoms with van der Waals surface area (Å²) in [5.41, 5.74) is 3.84. The van der Waals surface area contributed by atoms with E-state index in [1.165, 1.54) is 0 Å². The Bertz CT molecular complexity index is 1250. The number of carbonyl (C=O) groups is 1. The minimum Gasteiger partial charge on any atom is -0.355 e. The zero-order chi connectivity index (χ0) is 20.8. The topological polar surface area (TPSA) is 71.8 Å². The highest BCUT2D eigenvalue weighted by atomic mass is 16.1. The van der Waals surface area contributed by atoms with E-state index in [9.17, 15) is 4.79 Å². The minimum atomic E-state index is -0.222. The smallest absolute Gasteiger partial charge is 0.254 e. The molecule has 0 spiro atoms. The molecule has 2 aromatic carbocycles. The van der Waals surface area contributed by atoms with Crippen LogP contribution in [0.4, 0.5) is 11.4 Å². The Balaban J connectivity index is 1.61. The van der Waals surface area contributed by atoms with Gasteiger partial charge in [0.2, 0.25) is 0 Å². The van der Waals surface area contributed by atoms with Crippen LogP contribution in [0.1, 0.15) is 16.1 Å². The first-order chi connectivity index (χ1) is 14.7. The second kappa shape index (κ2) is 8.76. The number of amides is 1. The molecule has 0 atom stereocenters. The van der Waals surface area contributed by atoms with Gasteiger partial charge in [0, 0.05) is 23.5 Å². The van der Waals surface area contributed by atoms with E-state index < -0.39 is 0 Å². The van der Waals surface area contributed by atoms with Crippen LogP contribution in [0.2, 0.25) is 0 Å². The van der Waals surface area contributed by atoms with Gasteiger partial charge in [-0.05, 0) is 48.5 Å². The van der Waals surface area contributed by atoms with Crippen molar-refractivity contribution in [3.05, 3.63) is 84.3 Å². The number of hydrogen-bond acceptors (Lipinski definition) is 4. The van der Waals surface area contributed by atoms with Crippen molar-refractivity contribution in [1.82, 2.24) is 20.1 Å². The van der Waals surface area contributed by atoms with Crippen molar-refractivity contribution in [1.29, 1.82) is 0 Å². The van der Waals surface area contributed by atoms with Gasteiger partial charge in [-0.3, -0.25) is 9.78 Å². The van der Waals surface area contributed by atoms with Gasteiger partial charge in [0.15, 0.2) is 0 Å². The van der Waals surface area contributed by atoms with E-state index in [1.54, 1.807) is 16.9 Å². The maximum atomic E-state index is 12.4. The zero-order valence-electron chi connectivity index (χ0n) is 16.1. The van der Waals surface area contributed by atoms with Crippen LogP contribution in [0.15, 0.2) is 73.1 Å². The van der Waals surface area contributed by atoms with Crippen molar-refractivity contribution < 1.29 is 4.79 Å². The normalized spacial score (nSPS) is 10.8. The molecule has 0 fully saturated rings. The number of pyridine rings is 1. The van der Waals surface area contributed by atoms with Crippen molar-refractivity contribution in [3.63, 3.8) is 0 Å². The summed E-state index contributed by atoms with van der Waals surface area (Å²) in [4.78, 5) is 16.7. The fraction of sp³-hybridized carbons (Fsp3) is 0.0417. The quantitative estimate of drug-likeness (QED) is 0.483. The molecule has 30 heavy (non-hydrogen) atoms. The van der Waals surface area contributed by atoms with Gasteiger partial charge in [-0.2, -0.15) is 5.10 Å². The summed E-state index contributed by atoms with van der Waals surface area (Å²) >= 11 is 0. The fourth-order valence-corrected chi connectivity index (χ4v) is 3.03. The van der Waals surface area contributed by atoms with Crippen molar-refractivity contribution in [3.8, 4) is 12.3 Å². The van der Waals surface area contributed by atoms with Crippen LogP contribution in [0, 0.1) is 12.3 Å². The van der Waals surface area contributed by atoms with Crippen molar-refractivity contribution in [2.24, 2.45) is 0 Å². The summed E-state index contributed by atoms with van der Waals surface area (Å²) < 4.78 is 1.79. The predicted octanol–water partition coefficient (Wildman–Crippen LogP) is 4.17. The van der Waals surface area contributed by atoms with Gasteiger partial charge in [0.1, 0.15) is 0 Å². The molecular weight excluding hydrogens is 374 g/mol. The summed E-state index contributed by atoms with van der Waals surface area (Å²) in [6.07, 6.45) is 12.6. The first-order valence-corrected chi connectivity index (χ1v) is 9.39. The Labute approximate surface area is 174 Å². The van der Waals surface area contributed by atoms with Crippen LogP contribution in [0.5, 0.6) is 0 Å². The third-order valence-corrected chi connectivity index (χ3v) is 4.47. The number of carbonyl (C=O) groups excluding carboxylic acids is 1. The largest absolute Gasteiger partial charge is 0.355 e. The molecule has 0 bridgehead atoms. The molecule has 4 rings (SSSR count). The molecule has 4 aromatic rings. The van der Waals surface area contributed by atoms with E-state index in [-0.39, 0.29) is 12.5 Å². The number of para-hydroxylation sites is 1. The van der Waals surface area contributed by atoms with E-state index in [1.807, 2.05) is 73.1 Å². The number of benzene rings is 2. The first kappa shape index (κ1) is 19.0. The van der Waals surface area contributed by atoms with E-state index in [0.29, 0.717) is 11.3 Å². The van der Waals surface area contributed by atoms with Gasteiger partial charge in [-0.25, -0.2) is 4.68 Å². The van der Waals surface area contributed by atoms with Crippen LogP contribution >= 0.6 is 0 Å². The number of rotatable bonds is 6. The van der Waals surface area contributed by atoms with Crippen LogP contribution in [-0.2, 0) is 0 Å². The van der Waals surface area contributed by atoms with Gasteiger partial charge >= 0.3 is 0 Å². The molecule has 0 radical (unpaired) electrons.